The molecule has 2 nitrogen and oxygen atoms in total. The zero-order valence-corrected chi connectivity index (χ0v) is 11.9. The zero-order valence-electron chi connectivity index (χ0n) is 10.3. The molecule has 6 heteroatoms. The Morgan fingerprint density at radius 1 is 1.32 bits per heavy atom. The minimum Gasteiger partial charge on any atom is -0.329 e. The Balaban J connectivity index is 2.25. The molecule has 1 unspecified atom stereocenters. The third-order valence-corrected chi connectivity index (χ3v) is 3.99. The maximum Gasteiger partial charge on any atom is 0.401 e. The number of rotatable bonds is 5. The van der Waals surface area contributed by atoms with E-state index in [0.717, 1.165) is 22.9 Å². The highest BCUT2D eigenvalue weighted by Gasteiger charge is 2.41. The maximum atomic E-state index is 12.7. The van der Waals surface area contributed by atoms with Gasteiger partial charge in [0.1, 0.15) is 0 Å². The van der Waals surface area contributed by atoms with Crippen molar-refractivity contribution in [2.24, 2.45) is 5.73 Å². The van der Waals surface area contributed by atoms with Gasteiger partial charge in [-0.1, -0.05) is 34.1 Å². The van der Waals surface area contributed by atoms with Gasteiger partial charge in [-0.05, 0) is 24.5 Å². The summed E-state index contributed by atoms with van der Waals surface area (Å²) in [5, 5.41) is 0. The number of benzene rings is 1. The van der Waals surface area contributed by atoms with Crippen LogP contribution in [0.4, 0.5) is 13.2 Å². The van der Waals surface area contributed by atoms with Crippen LogP contribution in [-0.2, 0) is 0 Å². The van der Waals surface area contributed by atoms with E-state index < -0.39 is 18.8 Å². The Morgan fingerprint density at radius 2 is 1.95 bits per heavy atom. The molecule has 0 spiro atoms. The predicted molar refractivity (Wildman–Crippen MR) is 71.7 cm³/mol. The molecule has 0 amide bonds. The standard InChI is InChI=1S/C13H16BrF3N2/c14-11-4-2-1-3-10(11)12(7-18)19(9-5-6-9)8-13(15,16)17/h1-4,9,12H,5-8,18H2. The Bertz CT molecular complexity index is 432. The number of hydrogen-bond acceptors (Lipinski definition) is 2. The highest BCUT2D eigenvalue weighted by atomic mass is 79.9. The van der Waals surface area contributed by atoms with Crippen molar-refractivity contribution in [1.29, 1.82) is 0 Å². The van der Waals surface area contributed by atoms with Crippen LogP contribution < -0.4 is 5.73 Å². The van der Waals surface area contributed by atoms with Crippen LogP contribution >= 0.6 is 15.9 Å². The van der Waals surface area contributed by atoms with E-state index in [9.17, 15) is 13.2 Å². The molecule has 0 aromatic heterocycles. The van der Waals surface area contributed by atoms with Crippen LogP contribution in [0.2, 0.25) is 0 Å². The summed E-state index contributed by atoms with van der Waals surface area (Å²) in [4.78, 5) is 1.49. The lowest BCUT2D eigenvalue weighted by molar-refractivity contribution is -0.152. The molecule has 1 atom stereocenters. The van der Waals surface area contributed by atoms with Crippen LogP contribution in [0.5, 0.6) is 0 Å². The van der Waals surface area contributed by atoms with E-state index in [-0.39, 0.29) is 12.6 Å². The summed E-state index contributed by atoms with van der Waals surface area (Å²) in [5.74, 6) is 0. The van der Waals surface area contributed by atoms with Gasteiger partial charge in [-0.15, -0.1) is 0 Å². The largest absolute Gasteiger partial charge is 0.401 e. The maximum absolute atomic E-state index is 12.7. The molecule has 0 aliphatic heterocycles. The van der Waals surface area contributed by atoms with Gasteiger partial charge in [-0.25, -0.2) is 0 Å². The first kappa shape index (κ1) is 14.8. The van der Waals surface area contributed by atoms with Crippen molar-refractivity contribution in [3.8, 4) is 0 Å². The molecule has 0 saturated heterocycles. The van der Waals surface area contributed by atoms with Crippen molar-refractivity contribution >= 4 is 15.9 Å². The average Bonchev–Trinajstić information content (AvgIpc) is 3.13. The summed E-state index contributed by atoms with van der Waals surface area (Å²) in [6.45, 7) is -0.726. The summed E-state index contributed by atoms with van der Waals surface area (Å²) in [7, 11) is 0. The molecule has 1 aromatic rings. The van der Waals surface area contributed by atoms with Crippen LogP contribution in [-0.4, -0.2) is 30.2 Å². The number of hydrogen-bond donors (Lipinski definition) is 1. The molecule has 106 valence electrons. The van der Waals surface area contributed by atoms with Crippen molar-refractivity contribution in [3.63, 3.8) is 0 Å². The molecule has 1 fully saturated rings. The minimum atomic E-state index is -4.20. The molecule has 1 aromatic carbocycles. The van der Waals surface area contributed by atoms with Crippen LogP contribution in [0, 0.1) is 0 Å². The lowest BCUT2D eigenvalue weighted by Gasteiger charge is -2.32. The lowest BCUT2D eigenvalue weighted by atomic mass is 10.0. The Kier molecular flexibility index (Phi) is 4.53. The average molecular weight is 337 g/mol. The molecule has 0 radical (unpaired) electrons. The first-order chi connectivity index (χ1) is 8.92. The van der Waals surface area contributed by atoms with Gasteiger partial charge in [-0.2, -0.15) is 13.2 Å². The Labute approximate surface area is 118 Å². The number of nitrogens with zero attached hydrogens (tertiary/aromatic N) is 1. The second-order valence-corrected chi connectivity index (χ2v) is 5.65. The van der Waals surface area contributed by atoms with Crippen molar-refractivity contribution in [3.05, 3.63) is 34.3 Å². The van der Waals surface area contributed by atoms with E-state index in [1.807, 2.05) is 24.3 Å². The van der Waals surface area contributed by atoms with E-state index in [1.165, 1.54) is 4.90 Å². The van der Waals surface area contributed by atoms with E-state index >= 15 is 0 Å². The molecule has 2 rings (SSSR count). The topological polar surface area (TPSA) is 29.3 Å². The molecule has 0 heterocycles. The van der Waals surface area contributed by atoms with Gasteiger partial charge in [0.25, 0.3) is 0 Å². The molecular weight excluding hydrogens is 321 g/mol. The summed E-state index contributed by atoms with van der Waals surface area (Å²) in [5.41, 5.74) is 6.55. The fourth-order valence-electron chi connectivity index (χ4n) is 2.29. The highest BCUT2D eigenvalue weighted by molar-refractivity contribution is 9.10. The van der Waals surface area contributed by atoms with E-state index in [2.05, 4.69) is 15.9 Å². The fraction of sp³-hybridized carbons (Fsp3) is 0.538. The summed E-state index contributed by atoms with van der Waals surface area (Å²) >= 11 is 3.39. The van der Waals surface area contributed by atoms with Gasteiger partial charge < -0.3 is 5.73 Å². The quantitative estimate of drug-likeness (QED) is 0.891. The third kappa shape index (κ3) is 3.94. The van der Waals surface area contributed by atoms with Crippen LogP contribution in [0.25, 0.3) is 0 Å². The Hall–Kier alpha value is -0.590. The van der Waals surface area contributed by atoms with E-state index in [4.69, 9.17) is 5.73 Å². The van der Waals surface area contributed by atoms with Gasteiger partial charge in [0.15, 0.2) is 0 Å². The SMILES string of the molecule is NCC(c1ccccc1Br)N(CC(F)(F)F)C1CC1. The molecule has 1 saturated carbocycles. The van der Waals surface area contributed by atoms with E-state index in [0.29, 0.717) is 0 Å². The smallest absolute Gasteiger partial charge is 0.329 e. The summed E-state index contributed by atoms with van der Waals surface area (Å²) in [6, 6.07) is 6.92. The molecule has 1 aliphatic rings. The van der Waals surface area contributed by atoms with Crippen molar-refractivity contribution < 1.29 is 13.2 Å². The third-order valence-electron chi connectivity index (χ3n) is 3.27. The first-order valence-electron chi connectivity index (χ1n) is 6.19. The van der Waals surface area contributed by atoms with Crippen LogP contribution in [0.15, 0.2) is 28.7 Å². The number of alkyl halides is 3. The van der Waals surface area contributed by atoms with Crippen molar-refractivity contribution in [1.82, 2.24) is 4.90 Å². The summed E-state index contributed by atoms with van der Waals surface area (Å²) in [6.07, 6.45) is -2.56. The van der Waals surface area contributed by atoms with E-state index in [1.54, 1.807) is 0 Å². The van der Waals surface area contributed by atoms with Gasteiger partial charge >= 0.3 is 6.18 Å². The molecule has 0 bridgehead atoms. The molecular formula is C13H16BrF3N2. The second-order valence-electron chi connectivity index (χ2n) is 4.79. The fourth-order valence-corrected chi connectivity index (χ4v) is 2.84. The predicted octanol–water partition coefficient (Wildman–Crippen LogP) is 3.48. The zero-order chi connectivity index (χ0) is 14.0. The van der Waals surface area contributed by atoms with Gasteiger partial charge in [-0.3, -0.25) is 4.90 Å². The second kappa shape index (κ2) is 5.81. The van der Waals surface area contributed by atoms with Crippen molar-refractivity contribution in [2.45, 2.75) is 31.1 Å². The van der Waals surface area contributed by atoms with Gasteiger partial charge in [0.2, 0.25) is 0 Å². The number of nitrogens with two attached hydrogens (primary N) is 1. The van der Waals surface area contributed by atoms with Crippen molar-refractivity contribution in [2.75, 3.05) is 13.1 Å². The lowest BCUT2D eigenvalue weighted by Crippen LogP contribution is -2.41. The molecule has 19 heavy (non-hydrogen) atoms. The Morgan fingerprint density at radius 3 is 2.42 bits per heavy atom. The molecule has 2 N–H and O–H groups in total. The van der Waals surface area contributed by atoms with Crippen LogP contribution in [0.3, 0.4) is 0 Å². The van der Waals surface area contributed by atoms with Crippen LogP contribution in [0.1, 0.15) is 24.4 Å². The normalized spacial score (nSPS) is 17.8. The van der Waals surface area contributed by atoms with Gasteiger partial charge in [0.05, 0.1) is 6.54 Å². The number of halogens is 4. The van der Waals surface area contributed by atoms with Gasteiger partial charge in [0, 0.05) is 23.1 Å². The summed E-state index contributed by atoms with van der Waals surface area (Å²) < 4.78 is 38.9. The monoisotopic (exact) mass is 336 g/mol. The highest BCUT2D eigenvalue weighted by Crippen LogP contribution is 2.38. The minimum absolute atomic E-state index is 0.00211. The first-order valence-corrected chi connectivity index (χ1v) is 6.98. The molecule has 1 aliphatic carbocycles.